The normalized spacial score (nSPS) is 24.8. The lowest BCUT2D eigenvalue weighted by Gasteiger charge is -2.47. The molecule has 3 nitrogen and oxygen atoms in total. The van der Waals surface area contributed by atoms with E-state index in [0.717, 1.165) is 19.5 Å². The summed E-state index contributed by atoms with van der Waals surface area (Å²) in [5, 5.41) is 9.47. The van der Waals surface area contributed by atoms with Gasteiger partial charge in [-0.2, -0.15) is 0 Å². The first-order chi connectivity index (χ1) is 8.14. The van der Waals surface area contributed by atoms with Crippen molar-refractivity contribution in [3.8, 4) is 0 Å². The van der Waals surface area contributed by atoms with Gasteiger partial charge in [-0.1, -0.05) is 0 Å². The van der Waals surface area contributed by atoms with Gasteiger partial charge in [0, 0.05) is 31.1 Å². The second-order valence-electron chi connectivity index (χ2n) is 5.45. The van der Waals surface area contributed by atoms with Crippen LogP contribution in [0, 0.1) is 5.92 Å². The van der Waals surface area contributed by atoms with Gasteiger partial charge in [-0.15, -0.1) is 0 Å². The van der Waals surface area contributed by atoms with Crippen molar-refractivity contribution in [2.45, 2.75) is 38.8 Å². The van der Waals surface area contributed by atoms with Crippen molar-refractivity contribution in [3.63, 3.8) is 0 Å². The summed E-state index contributed by atoms with van der Waals surface area (Å²) in [6, 6.07) is 4.14. The molecule has 3 heteroatoms. The minimum atomic E-state index is 0.0796. The Balaban J connectivity index is 2.10. The number of likely N-dealkylation sites (tertiary alicyclic amines) is 1. The third kappa shape index (κ3) is 2.67. The molecular formula is C14H22N2O. The first-order valence-corrected chi connectivity index (χ1v) is 6.39. The number of aliphatic hydroxyl groups excluding tert-OH is 1. The highest BCUT2D eigenvalue weighted by Gasteiger charge is 2.37. The Kier molecular flexibility index (Phi) is 3.79. The van der Waals surface area contributed by atoms with E-state index in [0.29, 0.717) is 12.5 Å². The fourth-order valence-corrected chi connectivity index (χ4v) is 2.73. The zero-order valence-corrected chi connectivity index (χ0v) is 10.8. The van der Waals surface area contributed by atoms with E-state index in [1.165, 1.54) is 12.0 Å². The molecule has 0 saturated carbocycles. The molecular weight excluding hydrogens is 212 g/mol. The van der Waals surface area contributed by atoms with Gasteiger partial charge in [0.25, 0.3) is 0 Å². The van der Waals surface area contributed by atoms with E-state index in [-0.39, 0.29) is 5.54 Å². The minimum absolute atomic E-state index is 0.0796. The van der Waals surface area contributed by atoms with Crippen molar-refractivity contribution in [1.82, 2.24) is 9.88 Å². The third-order valence-electron chi connectivity index (χ3n) is 4.14. The van der Waals surface area contributed by atoms with E-state index in [2.05, 4.69) is 35.9 Å². The van der Waals surface area contributed by atoms with E-state index < -0.39 is 0 Å². The summed E-state index contributed by atoms with van der Waals surface area (Å²) in [4.78, 5) is 6.53. The van der Waals surface area contributed by atoms with Gasteiger partial charge in [-0.05, 0) is 56.8 Å². The molecule has 2 rings (SSSR count). The maximum absolute atomic E-state index is 9.47. The van der Waals surface area contributed by atoms with Crippen molar-refractivity contribution in [2.75, 3.05) is 13.2 Å². The number of pyridine rings is 1. The number of aliphatic hydroxyl groups is 1. The Morgan fingerprint density at radius 2 is 2.12 bits per heavy atom. The molecule has 0 bridgehead atoms. The molecule has 1 N–H and O–H groups in total. The first kappa shape index (κ1) is 12.5. The summed E-state index contributed by atoms with van der Waals surface area (Å²) in [5.74, 6) is 0.387. The summed E-state index contributed by atoms with van der Waals surface area (Å²) in [7, 11) is 0. The maximum Gasteiger partial charge on any atom is 0.0476 e. The fraction of sp³-hybridized carbons (Fsp3) is 0.643. The van der Waals surface area contributed by atoms with E-state index in [1.807, 2.05) is 12.4 Å². The van der Waals surface area contributed by atoms with Crippen molar-refractivity contribution < 1.29 is 5.11 Å². The summed E-state index contributed by atoms with van der Waals surface area (Å²) in [6.07, 6.45) is 6.00. The Labute approximate surface area is 103 Å². The van der Waals surface area contributed by atoms with Crippen molar-refractivity contribution in [3.05, 3.63) is 30.1 Å². The SMILES string of the molecule is CC1(C)C(CO)CCCN1Cc1ccncc1. The zero-order chi connectivity index (χ0) is 12.3. The molecule has 1 aliphatic rings. The lowest BCUT2D eigenvalue weighted by molar-refractivity contribution is -0.00994. The number of hydrogen-bond donors (Lipinski definition) is 1. The van der Waals surface area contributed by atoms with Gasteiger partial charge in [-0.25, -0.2) is 0 Å². The first-order valence-electron chi connectivity index (χ1n) is 6.39. The molecule has 1 aromatic heterocycles. The average molecular weight is 234 g/mol. The van der Waals surface area contributed by atoms with Crippen LogP contribution >= 0.6 is 0 Å². The lowest BCUT2D eigenvalue weighted by Crippen LogP contribution is -2.53. The number of rotatable bonds is 3. The molecule has 0 spiro atoms. The number of aromatic nitrogens is 1. The Hall–Kier alpha value is -0.930. The summed E-state index contributed by atoms with van der Waals surface area (Å²) >= 11 is 0. The standard InChI is InChI=1S/C14H22N2O/c1-14(2)13(11-17)4-3-9-16(14)10-12-5-7-15-8-6-12/h5-8,13,17H,3-4,9-11H2,1-2H3. The largest absolute Gasteiger partial charge is 0.396 e. The molecule has 2 heterocycles. The highest BCUT2D eigenvalue weighted by Crippen LogP contribution is 2.33. The molecule has 0 amide bonds. The second-order valence-corrected chi connectivity index (χ2v) is 5.45. The fourth-order valence-electron chi connectivity index (χ4n) is 2.73. The van der Waals surface area contributed by atoms with E-state index in [9.17, 15) is 5.11 Å². The smallest absolute Gasteiger partial charge is 0.0476 e. The number of piperidine rings is 1. The van der Waals surface area contributed by atoms with Crippen molar-refractivity contribution in [2.24, 2.45) is 5.92 Å². The van der Waals surface area contributed by atoms with Gasteiger partial charge in [0.05, 0.1) is 0 Å². The monoisotopic (exact) mass is 234 g/mol. The van der Waals surface area contributed by atoms with Gasteiger partial charge >= 0.3 is 0 Å². The summed E-state index contributed by atoms with van der Waals surface area (Å²) in [5.41, 5.74) is 1.38. The molecule has 1 fully saturated rings. The van der Waals surface area contributed by atoms with Crippen LogP contribution in [-0.2, 0) is 6.54 Å². The highest BCUT2D eigenvalue weighted by atomic mass is 16.3. The van der Waals surface area contributed by atoms with Crippen LogP contribution in [-0.4, -0.2) is 33.7 Å². The average Bonchev–Trinajstić information content (AvgIpc) is 2.33. The quantitative estimate of drug-likeness (QED) is 0.869. The molecule has 1 unspecified atom stereocenters. The molecule has 94 valence electrons. The molecule has 1 aliphatic heterocycles. The zero-order valence-electron chi connectivity index (χ0n) is 10.8. The van der Waals surface area contributed by atoms with E-state index >= 15 is 0 Å². The lowest BCUT2D eigenvalue weighted by atomic mass is 9.79. The van der Waals surface area contributed by atoms with Gasteiger partial charge < -0.3 is 5.11 Å². The third-order valence-corrected chi connectivity index (χ3v) is 4.14. The predicted molar refractivity (Wildman–Crippen MR) is 68.5 cm³/mol. The van der Waals surface area contributed by atoms with Crippen molar-refractivity contribution in [1.29, 1.82) is 0 Å². The van der Waals surface area contributed by atoms with Crippen LogP contribution in [0.2, 0.25) is 0 Å². The predicted octanol–water partition coefficient (Wildman–Crippen LogP) is 2.06. The maximum atomic E-state index is 9.47. The minimum Gasteiger partial charge on any atom is -0.396 e. The van der Waals surface area contributed by atoms with E-state index in [4.69, 9.17) is 0 Å². The summed E-state index contributed by atoms with van der Waals surface area (Å²) in [6.45, 7) is 6.85. The van der Waals surface area contributed by atoms with Gasteiger partial charge in [0.15, 0.2) is 0 Å². The number of nitrogens with zero attached hydrogens (tertiary/aromatic N) is 2. The molecule has 0 aromatic carbocycles. The van der Waals surface area contributed by atoms with Gasteiger partial charge in [-0.3, -0.25) is 9.88 Å². The van der Waals surface area contributed by atoms with Crippen LogP contribution in [0.3, 0.4) is 0 Å². The van der Waals surface area contributed by atoms with Gasteiger partial charge in [0.2, 0.25) is 0 Å². The van der Waals surface area contributed by atoms with Crippen LogP contribution in [0.15, 0.2) is 24.5 Å². The van der Waals surface area contributed by atoms with Crippen LogP contribution in [0.5, 0.6) is 0 Å². The van der Waals surface area contributed by atoms with Crippen LogP contribution in [0.25, 0.3) is 0 Å². The molecule has 1 aromatic rings. The molecule has 1 saturated heterocycles. The highest BCUT2D eigenvalue weighted by molar-refractivity contribution is 5.10. The number of hydrogen-bond acceptors (Lipinski definition) is 3. The Morgan fingerprint density at radius 1 is 1.41 bits per heavy atom. The van der Waals surface area contributed by atoms with Crippen molar-refractivity contribution >= 4 is 0 Å². The molecule has 1 atom stereocenters. The molecule has 0 aliphatic carbocycles. The van der Waals surface area contributed by atoms with Crippen LogP contribution < -0.4 is 0 Å². The van der Waals surface area contributed by atoms with Crippen LogP contribution in [0.4, 0.5) is 0 Å². The Morgan fingerprint density at radius 3 is 2.76 bits per heavy atom. The Bertz CT molecular complexity index is 350. The second kappa shape index (κ2) is 5.15. The van der Waals surface area contributed by atoms with Gasteiger partial charge in [0.1, 0.15) is 0 Å². The van der Waals surface area contributed by atoms with E-state index in [1.54, 1.807) is 0 Å². The molecule has 0 radical (unpaired) electrons. The summed E-state index contributed by atoms with van der Waals surface area (Å²) < 4.78 is 0. The molecule has 17 heavy (non-hydrogen) atoms. The van der Waals surface area contributed by atoms with Crippen LogP contribution in [0.1, 0.15) is 32.3 Å². The topological polar surface area (TPSA) is 36.4 Å².